The molecule has 0 radical (unpaired) electrons. The molecule has 4 heteroatoms. The highest BCUT2D eigenvalue weighted by Crippen LogP contribution is 2.19. The van der Waals surface area contributed by atoms with E-state index in [0.717, 1.165) is 9.90 Å². The third-order valence-corrected chi connectivity index (χ3v) is 2.31. The first-order chi connectivity index (χ1) is 5.34. The van der Waals surface area contributed by atoms with Gasteiger partial charge in [0, 0.05) is 0 Å². The fraction of sp³-hybridized carbons (Fsp3) is 0.286. The minimum Gasteiger partial charge on any atom is -0.396 e. The maximum absolute atomic E-state index is 5.78. The molecule has 0 N–H and O–H groups in total. The second kappa shape index (κ2) is 4.36. The van der Waals surface area contributed by atoms with Crippen LogP contribution in [-0.2, 0) is 4.84 Å². The van der Waals surface area contributed by atoms with E-state index >= 15 is 0 Å². The number of oxime groups is 1. The molecule has 0 saturated heterocycles. The number of halogens is 1. The molecule has 0 aliphatic carbocycles. The van der Waals surface area contributed by atoms with Crippen molar-refractivity contribution in [1.29, 1.82) is 0 Å². The van der Waals surface area contributed by atoms with Crippen molar-refractivity contribution in [3.63, 3.8) is 0 Å². The second-order valence-electron chi connectivity index (χ2n) is 1.79. The molecule has 0 aliphatic rings. The SMILES string of the molecule is CCO/N=C/c1sccc1Cl. The monoisotopic (exact) mass is 189 g/mol. The minimum atomic E-state index is 0.583. The van der Waals surface area contributed by atoms with Crippen molar-refractivity contribution in [1.82, 2.24) is 0 Å². The van der Waals surface area contributed by atoms with Crippen molar-refractivity contribution >= 4 is 29.2 Å². The Balaban J connectivity index is 2.56. The van der Waals surface area contributed by atoms with Crippen molar-refractivity contribution in [3.05, 3.63) is 21.3 Å². The predicted molar refractivity (Wildman–Crippen MR) is 48.5 cm³/mol. The van der Waals surface area contributed by atoms with Crippen molar-refractivity contribution in [2.75, 3.05) is 6.61 Å². The normalized spacial score (nSPS) is 10.7. The van der Waals surface area contributed by atoms with Gasteiger partial charge in [0.25, 0.3) is 0 Å². The average Bonchev–Trinajstić information content (AvgIpc) is 2.37. The highest BCUT2D eigenvalue weighted by atomic mass is 35.5. The molecule has 0 amide bonds. The molecular weight excluding hydrogens is 182 g/mol. The van der Waals surface area contributed by atoms with Gasteiger partial charge in [-0.2, -0.15) is 0 Å². The van der Waals surface area contributed by atoms with E-state index in [2.05, 4.69) is 5.16 Å². The van der Waals surface area contributed by atoms with Gasteiger partial charge in [0.15, 0.2) is 0 Å². The summed E-state index contributed by atoms with van der Waals surface area (Å²) in [6.07, 6.45) is 1.62. The van der Waals surface area contributed by atoms with Gasteiger partial charge >= 0.3 is 0 Å². The first kappa shape index (κ1) is 8.56. The van der Waals surface area contributed by atoms with E-state index in [9.17, 15) is 0 Å². The first-order valence-corrected chi connectivity index (χ1v) is 4.48. The molecule has 1 rings (SSSR count). The zero-order valence-electron chi connectivity index (χ0n) is 6.08. The lowest BCUT2D eigenvalue weighted by Crippen LogP contribution is -1.80. The fourth-order valence-corrected chi connectivity index (χ4v) is 1.51. The molecule has 11 heavy (non-hydrogen) atoms. The summed E-state index contributed by atoms with van der Waals surface area (Å²) in [6, 6.07) is 1.83. The molecule has 2 nitrogen and oxygen atoms in total. The summed E-state index contributed by atoms with van der Waals surface area (Å²) in [5, 5.41) is 6.33. The number of rotatable bonds is 3. The number of hydrogen-bond donors (Lipinski definition) is 0. The Bertz CT molecular complexity index is 246. The van der Waals surface area contributed by atoms with E-state index in [4.69, 9.17) is 16.4 Å². The van der Waals surface area contributed by atoms with E-state index < -0.39 is 0 Å². The van der Waals surface area contributed by atoms with Crippen LogP contribution >= 0.6 is 22.9 Å². The minimum absolute atomic E-state index is 0.583. The van der Waals surface area contributed by atoms with Gasteiger partial charge in [-0.1, -0.05) is 16.8 Å². The van der Waals surface area contributed by atoms with Crippen LogP contribution in [0.3, 0.4) is 0 Å². The van der Waals surface area contributed by atoms with Crippen molar-refractivity contribution in [2.24, 2.45) is 5.16 Å². The zero-order chi connectivity index (χ0) is 8.10. The molecule has 0 spiro atoms. The van der Waals surface area contributed by atoms with Gasteiger partial charge < -0.3 is 4.84 Å². The molecule has 0 saturated carbocycles. The van der Waals surface area contributed by atoms with E-state index in [0.29, 0.717) is 6.61 Å². The molecule has 60 valence electrons. The third-order valence-electron chi connectivity index (χ3n) is 1.02. The van der Waals surface area contributed by atoms with Crippen LogP contribution in [0.5, 0.6) is 0 Å². The van der Waals surface area contributed by atoms with Crippen LogP contribution in [0.4, 0.5) is 0 Å². The largest absolute Gasteiger partial charge is 0.396 e. The molecule has 0 atom stereocenters. The zero-order valence-corrected chi connectivity index (χ0v) is 7.65. The second-order valence-corrected chi connectivity index (χ2v) is 3.14. The van der Waals surface area contributed by atoms with Crippen LogP contribution in [0.1, 0.15) is 11.8 Å². The summed E-state index contributed by atoms with van der Waals surface area (Å²) in [5.74, 6) is 0. The van der Waals surface area contributed by atoms with Gasteiger partial charge in [-0.3, -0.25) is 0 Å². The van der Waals surface area contributed by atoms with Crippen LogP contribution in [0.25, 0.3) is 0 Å². The molecule has 0 aromatic carbocycles. The van der Waals surface area contributed by atoms with E-state index in [-0.39, 0.29) is 0 Å². The first-order valence-electron chi connectivity index (χ1n) is 3.23. The number of hydrogen-bond acceptors (Lipinski definition) is 3. The van der Waals surface area contributed by atoms with Gasteiger partial charge in [-0.05, 0) is 18.4 Å². The molecule has 0 unspecified atom stereocenters. The Morgan fingerprint density at radius 2 is 2.64 bits per heavy atom. The lowest BCUT2D eigenvalue weighted by Gasteiger charge is -1.89. The summed E-state index contributed by atoms with van der Waals surface area (Å²) in [6.45, 7) is 2.47. The van der Waals surface area contributed by atoms with Crippen LogP contribution < -0.4 is 0 Å². The Morgan fingerprint density at radius 3 is 3.18 bits per heavy atom. The van der Waals surface area contributed by atoms with Crippen molar-refractivity contribution in [2.45, 2.75) is 6.92 Å². The van der Waals surface area contributed by atoms with Gasteiger partial charge in [0.05, 0.1) is 16.1 Å². The Labute approximate surface area is 74.4 Å². The molecule has 1 aromatic heterocycles. The average molecular weight is 190 g/mol. The number of thiophene rings is 1. The van der Waals surface area contributed by atoms with E-state index in [1.807, 2.05) is 18.4 Å². The summed E-state index contributed by atoms with van der Waals surface area (Å²) in [4.78, 5) is 5.71. The molecular formula is C7H8ClNOS. The molecule has 1 heterocycles. The standard InChI is InChI=1S/C7H8ClNOS/c1-2-10-9-5-7-6(8)3-4-11-7/h3-5H,2H2,1H3/b9-5+. The van der Waals surface area contributed by atoms with Gasteiger partial charge in [-0.15, -0.1) is 11.3 Å². The maximum Gasteiger partial charge on any atom is 0.114 e. The number of nitrogens with zero attached hydrogens (tertiary/aromatic N) is 1. The summed E-state index contributed by atoms with van der Waals surface area (Å²) in [5.41, 5.74) is 0. The third kappa shape index (κ3) is 2.52. The summed E-state index contributed by atoms with van der Waals surface area (Å²) < 4.78 is 0. The van der Waals surface area contributed by atoms with Crippen molar-refractivity contribution in [3.8, 4) is 0 Å². The Kier molecular flexibility index (Phi) is 3.39. The maximum atomic E-state index is 5.78. The lowest BCUT2D eigenvalue weighted by atomic mass is 10.5. The van der Waals surface area contributed by atoms with Crippen LogP contribution in [0.15, 0.2) is 16.6 Å². The Morgan fingerprint density at radius 1 is 1.82 bits per heavy atom. The molecule has 0 fully saturated rings. The predicted octanol–water partition coefficient (Wildman–Crippen LogP) is 2.77. The summed E-state index contributed by atoms with van der Waals surface area (Å²) >= 11 is 7.32. The van der Waals surface area contributed by atoms with Crippen LogP contribution in [-0.4, -0.2) is 12.8 Å². The molecule has 1 aromatic rings. The lowest BCUT2D eigenvalue weighted by molar-refractivity contribution is 0.160. The smallest absolute Gasteiger partial charge is 0.114 e. The van der Waals surface area contributed by atoms with Crippen molar-refractivity contribution < 1.29 is 4.84 Å². The quantitative estimate of drug-likeness (QED) is 0.529. The van der Waals surface area contributed by atoms with Gasteiger partial charge in [0.1, 0.15) is 6.61 Å². The van der Waals surface area contributed by atoms with Crippen LogP contribution in [0, 0.1) is 0 Å². The van der Waals surface area contributed by atoms with E-state index in [1.165, 1.54) is 11.3 Å². The highest BCUT2D eigenvalue weighted by Gasteiger charge is 1.96. The van der Waals surface area contributed by atoms with E-state index in [1.54, 1.807) is 6.21 Å². The van der Waals surface area contributed by atoms with Gasteiger partial charge in [-0.25, -0.2) is 0 Å². The van der Waals surface area contributed by atoms with Crippen LogP contribution in [0.2, 0.25) is 5.02 Å². The van der Waals surface area contributed by atoms with Gasteiger partial charge in [0.2, 0.25) is 0 Å². The topological polar surface area (TPSA) is 21.6 Å². The Hall–Kier alpha value is -0.540. The molecule has 0 bridgehead atoms. The summed E-state index contributed by atoms with van der Waals surface area (Å²) in [7, 11) is 0. The fourth-order valence-electron chi connectivity index (χ4n) is 0.557. The molecule has 0 aliphatic heterocycles. The highest BCUT2D eigenvalue weighted by molar-refractivity contribution is 7.12.